The molecular weight excluding hydrogens is 360 g/mol. The standard InChI is InChI=1S/C8H8O3S.C6H10O5S/c9-12(10,11)7-6-8-4-2-1-3-5-8;1-5(2)6(7)11-3-4-12(8,9)10/h1-7H,(H,9,10,11);1,3-4H2,2H3,(H,8,9,10). The highest BCUT2D eigenvalue weighted by Crippen LogP contribution is 2.01. The Bertz CT molecular complexity index is 777. The van der Waals surface area contributed by atoms with Crippen molar-refractivity contribution in [1.82, 2.24) is 0 Å². The molecule has 8 nitrogen and oxygen atoms in total. The maximum Gasteiger partial charge on any atom is 0.333 e. The fourth-order valence-electron chi connectivity index (χ4n) is 1.09. The van der Waals surface area contributed by atoms with Crippen LogP contribution in [0.3, 0.4) is 0 Å². The van der Waals surface area contributed by atoms with E-state index in [4.69, 9.17) is 9.11 Å². The molecule has 0 saturated carbocycles. The second-order valence-electron chi connectivity index (χ2n) is 4.43. The first kappa shape index (κ1) is 22.0. The molecule has 0 bridgehead atoms. The van der Waals surface area contributed by atoms with E-state index < -0.39 is 32.0 Å². The predicted octanol–water partition coefficient (Wildman–Crippen LogP) is 1.54. The molecule has 0 atom stereocenters. The van der Waals surface area contributed by atoms with Gasteiger partial charge in [-0.2, -0.15) is 16.8 Å². The van der Waals surface area contributed by atoms with Gasteiger partial charge in [-0.05, 0) is 18.6 Å². The Morgan fingerprint density at radius 1 is 1.17 bits per heavy atom. The van der Waals surface area contributed by atoms with Crippen LogP contribution in [0, 0.1) is 0 Å². The van der Waals surface area contributed by atoms with Gasteiger partial charge in [0.15, 0.2) is 0 Å². The number of carbonyl (C=O) groups excluding carboxylic acids is 1. The Kier molecular flexibility index (Phi) is 9.14. The van der Waals surface area contributed by atoms with E-state index in [0.29, 0.717) is 0 Å². The van der Waals surface area contributed by atoms with Crippen LogP contribution in [-0.2, 0) is 29.8 Å². The zero-order chi connectivity index (χ0) is 18.8. The van der Waals surface area contributed by atoms with Crippen molar-refractivity contribution in [3.8, 4) is 0 Å². The summed E-state index contributed by atoms with van der Waals surface area (Å²) >= 11 is 0. The van der Waals surface area contributed by atoms with E-state index in [1.165, 1.54) is 13.0 Å². The van der Waals surface area contributed by atoms with E-state index in [1.54, 1.807) is 24.3 Å². The van der Waals surface area contributed by atoms with Crippen molar-refractivity contribution >= 4 is 32.3 Å². The van der Waals surface area contributed by atoms with E-state index in [1.807, 2.05) is 6.07 Å². The highest BCUT2D eigenvalue weighted by atomic mass is 32.2. The zero-order valence-electron chi connectivity index (χ0n) is 12.8. The molecule has 0 radical (unpaired) electrons. The number of hydrogen-bond acceptors (Lipinski definition) is 6. The zero-order valence-corrected chi connectivity index (χ0v) is 14.5. The molecule has 0 saturated heterocycles. The van der Waals surface area contributed by atoms with Gasteiger partial charge in [0.1, 0.15) is 12.4 Å². The van der Waals surface area contributed by atoms with E-state index in [2.05, 4.69) is 11.3 Å². The van der Waals surface area contributed by atoms with Gasteiger partial charge >= 0.3 is 5.97 Å². The summed E-state index contributed by atoms with van der Waals surface area (Å²) in [6.45, 7) is 4.37. The third-order valence-corrected chi connectivity index (χ3v) is 3.32. The van der Waals surface area contributed by atoms with Crippen LogP contribution in [0.15, 0.2) is 47.9 Å². The lowest BCUT2D eigenvalue weighted by molar-refractivity contribution is -0.138. The average molecular weight is 378 g/mol. The molecule has 0 aliphatic rings. The monoisotopic (exact) mass is 378 g/mol. The van der Waals surface area contributed by atoms with Gasteiger partial charge in [-0.1, -0.05) is 36.9 Å². The van der Waals surface area contributed by atoms with Crippen LogP contribution < -0.4 is 0 Å². The smallest absolute Gasteiger partial charge is 0.333 e. The predicted molar refractivity (Wildman–Crippen MR) is 89.2 cm³/mol. The fourth-order valence-corrected chi connectivity index (χ4v) is 1.71. The molecule has 0 heterocycles. The van der Waals surface area contributed by atoms with E-state index in [-0.39, 0.29) is 12.2 Å². The topological polar surface area (TPSA) is 135 Å². The molecular formula is C14H18O8S2. The molecule has 0 aliphatic heterocycles. The Morgan fingerprint density at radius 3 is 2.12 bits per heavy atom. The minimum absolute atomic E-state index is 0.185. The summed E-state index contributed by atoms with van der Waals surface area (Å²) in [5.41, 5.74) is 0.917. The molecule has 0 unspecified atom stereocenters. The summed E-state index contributed by atoms with van der Waals surface area (Å²) in [4.78, 5) is 10.6. The molecule has 2 N–H and O–H groups in total. The SMILES string of the molecule is C=C(C)C(=O)OCCS(=O)(=O)O.O=S(=O)(O)C=Cc1ccccc1. The van der Waals surface area contributed by atoms with E-state index >= 15 is 0 Å². The Labute approximate surface area is 141 Å². The summed E-state index contributed by atoms with van der Waals surface area (Å²) in [6.07, 6.45) is 1.33. The highest BCUT2D eigenvalue weighted by molar-refractivity contribution is 7.88. The van der Waals surface area contributed by atoms with Crippen molar-refractivity contribution in [3.05, 3.63) is 53.5 Å². The van der Waals surface area contributed by atoms with Crippen LogP contribution in [0.5, 0.6) is 0 Å². The Morgan fingerprint density at radius 2 is 1.71 bits per heavy atom. The first-order valence-electron chi connectivity index (χ1n) is 6.39. The van der Waals surface area contributed by atoms with E-state index in [9.17, 15) is 21.6 Å². The normalized spacial score (nSPS) is 11.5. The highest BCUT2D eigenvalue weighted by Gasteiger charge is 2.07. The summed E-state index contributed by atoms with van der Waals surface area (Å²) in [7, 11) is -8.06. The van der Waals surface area contributed by atoms with Crippen LogP contribution in [0.1, 0.15) is 12.5 Å². The van der Waals surface area contributed by atoms with Gasteiger partial charge in [0.2, 0.25) is 0 Å². The molecule has 0 spiro atoms. The largest absolute Gasteiger partial charge is 0.461 e. The third-order valence-electron chi connectivity index (χ3n) is 2.15. The molecule has 1 rings (SSSR count). The average Bonchev–Trinajstić information content (AvgIpc) is 2.44. The van der Waals surface area contributed by atoms with Crippen molar-refractivity contribution < 1.29 is 35.5 Å². The molecule has 134 valence electrons. The first-order chi connectivity index (χ1) is 10.9. The maximum atomic E-state index is 10.6. The van der Waals surface area contributed by atoms with Gasteiger partial charge in [-0.25, -0.2) is 4.79 Å². The van der Waals surface area contributed by atoms with Gasteiger partial charge in [0.05, 0.1) is 5.41 Å². The molecule has 24 heavy (non-hydrogen) atoms. The summed E-state index contributed by atoms with van der Waals surface area (Å²) in [5, 5.41) is 0.752. The fraction of sp³-hybridized carbons (Fsp3) is 0.214. The second kappa shape index (κ2) is 9.98. The van der Waals surface area contributed by atoms with Crippen molar-refractivity contribution in [2.45, 2.75) is 6.92 Å². The lowest BCUT2D eigenvalue weighted by Crippen LogP contribution is -2.14. The number of hydrogen-bond donors (Lipinski definition) is 2. The number of ether oxygens (including phenoxy) is 1. The summed E-state index contributed by atoms with van der Waals surface area (Å²) < 4.78 is 61.8. The van der Waals surface area contributed by atoms with Crippen molar-refractivity contribution in [3.63, 3.8) is 0 Å². The van der Waals surface area contributed by atoms with Gasteiger partial charge in [-0.15, -0.1) is 0 Å². The number of esters is 1. The van der Waals surface area contributed by atoms with Gasteiger partial charge in [-0.3, -0.25) is 9.11 Å². The summed E-state index contributed by atoms with van der Waals surface area (Å²) in [5.74, 6) is -1.26. The molecule has 0 amide bonds. The number of carbonyl (C=O) groups is 1. The van der Waals surface area contributed by atoms with Crippen molar-refractivity contribution in [2.75, 3.05) is 12.4 Å². The number of rotatable bonds is 6. The van der Waals surface area contributed by atoms with Crippen LogP contribution in [-0.4, -0.2) is 44.3 Å². The van der Waals surface area contributed by atoms with Gasteiger partial charge in [0.25, 0.3) is 20.2 Å². The molecule has 0 fully saturated rings. The molecule has 0 aliphatic carbocycles. The Balaban J connectivity index is 0.000000441. The van der Waals surface area contributed by atoms with E-state index in [0.717, 1.165) is 11.0 Å². The van der Waals surface area contributed by atoms with Crippen molar-refractivity contribution in [2.24, 2.45) is 0 Å². The number of benzene rings is 1. The second-order valence-corrected chi connectivity index (χ2v) is 7.30. The van der Waals surface area contributed by atoms with Crippen LogP contribution >= 0.6 is 0 Å². The quantitative estimate of drug-likeness (QED) is 0.432. The lowest BCUT2D eigenvalue weighted by Gasteiger charge is -2.01. The minimum atomic E-state index is -4.05. The van der Waals surface area contributed by atoms with Gasteiger partial charge < -0.3 is 4.74 Å². The van der Waals surface area contributed by atoms with Crippen LogP contribution in [0.2, 0.25) is 0 Å². The maximum absolute atomic E-state index is 10.6. The first-order valence-corrected chi connectivity index (χ1v) is 9.50. The lowest BCUT2D eigenvalue weighted by atomic mass is 10.2. The molecule has 1 aromatic rings. The molecule has 1 aromatic carbocycles. The minimum Gasteiger partial charge on any atom is -0.461 e. The van der Waals surface area contributed by atoms with Crippen molar-refractivity contribution in [1.29, 1.82) is 0 Å². The molecule has 0 aromatic heterocycles. The van der Waals surface area contributed by atoms with Crippen LogP contribution in [0.25, 0.3) is 6.08 Å². The molecule has 10 heteroatoms. The van der Waals surface area contributed by atoms with Crippen LogP contribution in [0.4, 0.5) is 0 Å². The summed E-state index contributed by atoms with van der Waals surface area (Å²) in [6, 6.07) is 8.86. The Hall–Kier alpha value is -2.01. The third kappa shape index (κ3) is 13.6. The van der Waals surface area contributed by atoms with Gasteiger partial charge in [0, 0.05) is 5.57 Å².